The van der Waals surface area contributed by atoms with Crippen molar-refractivity contribution >= 4 is 35.6 Å². The third kappa shape index (κ3) is 17.2. The molecule has 15 heteroatoms. The second-order valence-corrected chi connectivity index (χ2v) is 9.79. The summed E-state index contributed by atoms with van der Waals surface area (Å²) in [7, 11) is 2.14. The molecule has 6 atom stereocenters. The highest BCUT2D eigenvalue weighted by molar-refractivity contribution is 5.84. The number of aliphatic carboxylic acids is 1. The van der Waals surface area contributed by atoms with Crippen molar-refractivity contribution in [3.8, 4) is 17.2 Å². The summed E-state index contributed by atoms with van der Waals surface area (Å²) < 4.78 is 56.4. The fraction of sp³-hybridized carbons (Fsp3) is 0.314. The molecule has 7 N–H and O–H groups in total. The Morgan fingerprint density at radius 2 is 0.880 bits per heavy atom. The maximum Gasteiger partial charge on any atom is 0.328 e. The van der Waals surface area contributed by atoms with Gasteiger partial charge in [-0.3, -0.25) is 14.4 Å². The number of amides is 3. The highest BCUT2D eigenvalue weighted by Crippen LogP contribution is 2.15. The number of carbonyl (C=O) groups excluding carboxylic acids is 5. The molecule has 50 heavy (non-hydrogen) atoms. The number of hydrogen-bond donors (Lipinski definition) is 7. The molecular formula is C35H43N3O12. The van der Waals surface area contributed by atoms with E-state index >= 15 is 0 Å². The number of ether oxygens (including phenoxy) is 2. The molecule has 0 heterocycles. The molecule has 0 saturated heterocycles. The van der Waals surface area contributed by atoms with Crippen molar-refractivity contribution < 1.29 is 66.9 Å². The molecule has 270 valence electrons. The minimum absolute atomic E-state index is 0.0928. The van der Waals surface area contributed by atoms with Crippen molar-refractivity contribution in [1.82, 2.24) is 16.0 Å². The van der Waals surface area contributed by atoms with E-state index < -0.39 is 72.9 Å². The highest BCUT2D eigenvalue weighted by Gasteiger charge is 2.22. The molecule has 3 aromatic rings. The predicted molar refractivity (Wildman–Crippen MR) is 180 cm³/mol. The number of nitrogens with one attached hydrogen (secondary N) is 3. The lowest BCUT2D eigenvalue weighted by Gasteiger charge is -2.15. The van der Waals surface area contributed by atoms with Crippen LogP contribution in [0.1, 0.15) is 45.7 Å². The maximum atomic E-state index is 11.7. The molecule has 0 spiro atoms. The van der Waals surface area contributed by atoms with Gasteiger partial charge in [0.1, 0.15) is 35.3 Å². The molecule has 0 aliphatic carbocycles. The number of methoxy groups -OCH3 is 2. The number of carboxylic acid groups (broad SMARTS) is 1. The maximum absolute atomic E-state index is 11.7. The van der Waals surface area contributed by atoms with E-state index in [4.69, 9.17) is 13.3 Å². The first-order valence-corrected chi connectivity index (χ1v) is 14.3. The van der Waals surface area contributed by atoms with E-state index in [1.54, 1.807) is 0 Å². The summed E-state index contributed by atoms with van der Waals surface area (Å²) in [5.74, 6) is -6.03. The van der Waals surface area contributed by atoms with Crippen LogP contribution in [-0.2, 0) is 57.4 Å². The van der Waals surface area contributed by atoms with Gasteiger partial charge in [-0.05, 0) is 53.1 Å². The van der Waals surface area contributed by atoms with Crippen LogP contribution >= 0.6 is 0 Å². The van der Waals surface area contributed by atoms with Crippen LogP contribution in [-0.4, -0.2) is 88.3 Å². The Morgan fingerprint density at radius 1 is 0.600 bits per heavy atom. The van der Waals surface area contributed by atoms with Crippen molar-refractivity contribution in [2.24, 2.45) is 0 Å². The van der Waals surface area contributed by atoms with Gasteiger partial charge in [-0.2, -0.15) is 0 Å². The molecule has 0 aliphatic rings. The van der Waals surface area contributed by atoms with E-state index in [1.165, 1.54) is 72.8 Å². The Balaban J connectivity index is 0.000000420. The van der Waals surface area contributed by atoms with Crippen LogP contribution in [0.2, 0.25) is 0 Å². The summed E-state index contributed by atoms with van der Waals surface area (Å²) in [5.41, 5.74) is 0.560. The first-order chi connectivity index (χ1) is 25.9. The van der Waals surface area contributed by atoms with Crippen LogP contribution in [0.4, 0.5) is 0 Å². The molecule has 2 unspecified atom stereocenters. The van der Waals surface area contributed by atoms with Crippen LogP contribution in [0, 0.1) is 0 Å². The number of benzene rings is 3. The largest absolute Gasteiger partial charge is 0.508 e. The van der Waals surface area contributed by atoms with Crippen molar-refractivity contribution in [3.63, 3.8) is 0 Å². The quantitative estimate of drug-likeness (QED) is 0.134. The molecular weight excluding hydrogens is 654 g/mol. The second-order valence-electron chi connectivity index (χ2n) is 9.79. The van der Waals surface area contributed by atoms with Crippen molar-refractivity contribution in [3.05, 3.63) is 89.5 Å². The van der Waals surface area contributed by atoms with Crippen LogP contribution in [0.5, 0.6) is 17.2 Å². The third-order valence-electron chi connectivity index (χ3n) is 5.52. The second kappa shape index (κ2) is 21.7. The van der Waals surface area contributed by atoms with Gasteiger partial charge in [0.25, 0.3) is 0 Å². The Bertz CT molecular complexity index is 1800. The van der Waals surface area contributed by atoms with Gasteiger partial charge in [0.05, 0.1) is 18.3 Å². The summed E-state index contributed by atoms with van der Waals surface area (Å²) >= 11 is 0. The molecule has 0 radical (unpaired) electrons. The van der Waals surface area contributed by atoms with Crippen molar-refractivity contribution in [1.29, 1.82) is 0 Å². The lowest BCUT2D eigenvalue weighted by Crippen LogP contribution is -2.41. The van der Waals surface area contributed by atoms with Crippen LogP contribution in [0.15, 0.2) is 72.8 Å². The number of phenolic OH excluding ortho intramolecular Hbond substituents is 3. The van der Waals surface area contributed by atoms with E-state index in [0.717, 1.165) is 35.0 Å². The number of phenols is 3. The van der Waals surface area contributed by atoms with E-state index in [0.29, 0.717) is 0 Å². The van der Waals surface area contributed by atoms with Gasteiger partial charge >= 0.3 is 17.9 Å². The molecule has 0 aromatic heterocycles. The molecule has 3 amide bonds. The molecule has 15 nitrogen and oxygen atoms in total. The molecule has 3 rings (SSSR count). The average Bonchev–Trinajstić information content (AvgIpc) is 3.12. The fourth-order valence-corrected chi connectivity index (χ4v) is 3.58. The standard InChI is InChI=1S/2C12H15NO4.C11H13NO4/c2*1-8(14)13-11(12(16)17-2)7-9-4-3-5-10(15)6-9;1-7(13)12-10(11(15)16)6-8-3-2-4-9(14)5-8/h2*3-6,11,15H,7H2,1-2H3,(H,13,14);2-5,10,14H,6H2,1H3,(H,12,13)(H,15,16)/t11-;;10-/m1.0/s1/i2*7D,11D;6D,10D/t7-,11+;;6-,10+/m0.1. The zero-order chi connectivity index (χ0) is 43.2. The van der Waals surface area contributed by atoms with Crippen molar-refractivity contribution in [2.45, 2.75) is 58.0 Å². The monoisotopic (exact) mass is 703 g/mol. The number of carboxylic acids is 1. The summed E-state index contributed by atoms with van der Waals surface area (Å²) in [4.78, 5) is 67.6. The van der Waals surface area contributed by atoms with E-state index in [-0.39, 0.29) is 33.9 Å². The van der Waals surface area contributed by atoms with Crippen LogP contribution in [0.3, 0.4) is 0 Å². The van der Waals surface area contributed by atoms with Crippen LogP contribution in [0.25, 0.3) is 0 Å². The summed E-state index contributed by atoms with van der Waals surface area (Å²) in [6.07, 6.45) is -4.43. The average molecular weight is 704 g/mol. The number of esters is 2. The van der Waals surface area contributed by atoms with Gasteiger partial charge in [-0.15, -0.1) is 0 Å². The molecule has 0 aliphatic heterocycles. The normalized spacial score (nSPS) is 17.2. The molecule has 0 bridgehead atoms. The van der Waals surface area contributed by atoms with Gasteiger partial charge in [-0.1, -0.05) is 36.4 Å². The number of hydrogen-bond acceptors (Lipinski definition) is 11. The third-order valence-corrected chi connectivity index (χ3v) is 5.52. The smallest absolute Gasteiger partial charge is 0.328 e. The highest BCUT2D eigenvalue weighted by atomic mass is 16.5. The number of aromatic hydroxyl groups is 3. The van der Waals surface area contributed by atoms with Crippen LogP contribution < -0.4 is 16.0 Å². The lowest BCUT2D eigenvalue weighted by atomic mass is 10.1. The summed E-state index contributed by atoms with van der Waals surface area (Å²) in [6, 6.07) is 9.59. The predicted octanol–water partition coefficient (Wildman–Crippen LogP) is 1.75. The Kier molecular flexibility index (Phi) is 14.1. The zero-order valence-corrected chi connectivity index (χ0v) is 27.7. The first kappa shape index (κ1) is 32.4. The Hall–Kier alpha value is -6.12. The Labute approximate surface area is 297 Å². The topological polar surface area (TPSA) is 238 Å². The molecule has 0 saturated carbocycles. The molecule has 0 fully saturated rings. The fourth-order valence-electron chi connectivity index (χ4n) is 3.58. The number of rotatable bonds is 12. The van der Waals surface area contributed by atoms with Gasteiger partial charge in [0, 0.05) is 44.1 Å². The van der Waals surface area contributed by atoms with Gasteiger partial charge < -0.3 is 45.9 Å². The van der Waals surface area contributed by atoms with Crippen molar-refractivity contribution in [2.75, 3.05) is 14.2 Å². The van der Waals surface area contributed by atoms with E-state index in [1.807, 2.05) is 5.32 Å². The van der Waals surface area contributed by atoms with Gasteiger partial charge in [0.2, 0.25) is 17.7 Å². The SMILES string of the molecule is [2H]C(c1cccc(O)c1)C([2H])(NC(C)=O)C(=O)OC.[2H][C@@H](c1cccc(O)c1)[C@@]([2H])(NC(C)=O)C(=O)OC.[2H][C@H](c1cccc(O)c1)[C@]([2H])(NC(C)=O)C(=O)O. The van der Waals surface area contributed by atoms with Gasteiger partial charge in [0.15, 0.2) is 0 Å². The minimum atomic E-state index is -2.50. The number of carbonyl (C=O) groups is 6. The summed E-state index contributed by atoms with van der Waals surface area (Å²) in [6.45, 7) is 3.35. The Morgan fingerprint density at radius 3 is 1.12 bits per heavy atom. The minimum Gasteiger partial charge on any atom is -0.508 e. The lowest BCUT2D eigenvalue weighted by molar-refractivity contribution is -0.145. The summed E-state index contributed by atoms with van der Waals surface area (Å²) in [5, 5.41) is 43.1. The first-order valence-electron chi connectivity index (χ1n) is 17.5. The van der Waals surface area contributed by atoms with E-state index in [2.05, 4.69) is 20.1 Å². The van der Waals surface area contributed by atoms with Gasteiger partial charge in [-0.25, -0.2) is 14.4 Å². The molecule has 3 aromatic carbocycles. The zero-order valence-electron chi connectivity index (χ0n) is 33.7. The van der Waals surface area contributed by atoms with E-state index in [9.17, 15) is 44.1 Å².